The van der Waals surface area contributed by atoms with Gasteiger partial charge in [-0.15, -0.1) is 0 Å². The number of ether oxygens (including phenoxy) is 2. The first-order valence-corrected chi connectivity index (χ1v) is 7.13. The van der Waals surface area contributed by atoms with Crippen LogP contribution < -0.4 is 10.1 Å². The Kier molecular flexibility index (Phi) is 6.82. The molecule has 0 aliphatic carbocycles. The van der Waals surface area contributed by atoms with Crippen molar-refractivity contribution in [2.75, 3.05) is 26.9 Å². The van der Waals surface area contributed by atoms with Gasteiger partial charge in [0.2, 0.25) is 0 Å². The lowest BCUT2D eigenvalue weighted by molar-refractivity contribution is 0.150. The van der Waals surface area contributed by atoms with Crippen molar-refractivity contribution in [2.24, 2.45) is 5.41 Å². The van der Waals surface area contributed by atoms with Crippen LogP contribution >= 0.6 is 0 Å². The number of phenols is 1. The molecule has 0 aliphatic rings. The Morgan fingerprint density at radius 3 is 2.70 bits per heavy atom. The molecular weight excluding hydrogens is 254 g/mol. The molecule has 0 spiro atoms. The molecule has 0 radical (unpaired) electrons. The van der Waals surface area contributed by atoms with Gasteiger partial charge < -0.3 is 19.9 Å². The van der Waals surface area contributed by atoms with Crippen molar-refractivity contribution in [2.45, 2.75) is 33.7 Å². The fraction of sp³-hybridized carbons (Fsp3) is 0.625. The lowest BCUT2D eigenvalue weighted by atomic mass is 9.89. The number of nitrogens with one attached hydrogen (secondary N) is 1. The summed E-state index contributed by atoms with van der Waals surface area (Å²) < 4.78 is 10.5. The molecule has 0 heterocycles. The van der Waals surface area contributed by atoms with Crippen LogP contribution in [0.4, 0.5) is 0 Å². The molecule has 4 heteroatoms. The average Bonchev–Trinajstić information content (AvgIpc) is 2.41. The van der Waals surface area contributed by atoms with Gasteiger partial charge in [-0.05, 0) is 24.8 Å². The zero-order valence-electron chi connectivity index (χ0n) is 13.0. The molecular formula is C16H27NO3. The number of rotatable bonds is 9. The predicted octanol–water partition coefficient (Wildman–Crippen LogP) is 2.94. The maximum Gasteiger partial charge on any atom is 0.162 e. The second-order valence-electron chi connectivity index (χ2n) is 5.71. The van der Waals surface area contributed by atoms with Gasteiger partial charge in [-0.3, -0.25) is 0 Å². The van der Waals surface area contributed by atoms with E-state index in [1.165, 1.54) is 0 Å². The average molecular weight is 281 g/mol. The molecule has 0 amide bonds. The summed E-state index contributed by atoms with van der Waals surface area (Å²) in [4.78, 5) is 0. The summed E-state index contributed by atoms with van der Waals surface area (Å²) in [6.45, 7) is 9.12. The molecule has 0 fully saturated rings. The first-order valence-electron chi connectivity index (χ1n) is 7.13. The van der Waals surface area contributed by atoms with Gasteiger partial charge in [0.1, 0.15) is 0 Å². The molecule has 0 aromatic heterocycles. The van der Waals surface area contributed by atoms with Crippen LogP contribution in [0.5, 0.6) is 11.5 Å². The molecule has 1 aromatic rings. The first kappa shape index (κ1) is 16.8. The van der Waals surface area contributed by atoms with Gasteiger partial charge in [0.15, 0.2) is 11.5 Å². The number of benzene rings is 1. The van der Waals surface area contributed by atoms with Gasteiger partial charge in [0.05, 0.1) is 6.61 Å². The van der Waals surface area contributed by atoms with Crippen LogP contribution in [-0.2, 0) is 11.3 Å². The summed E-state index contributed by atoms with van der Waals surface area (Å²) >= 11 is 0. The Bertz CT molecular complexity index is 405. The van der Waals surface area contributed by atoms with Crippen molar-refractivity contribution in [3.05, 3.63) is 23.8 Å². The zero-order chi connectivity index (χ0) is 15.0. The van der Waals surface area contributed by atoms with E-state index in [9.17, 15) is 5.11 Å². The second kappa shape index (κ2) is 8.12. The van der Waals surface area contributed by atoms with E-state index in [0.717, 1.165) is 25.1 Å². The molecule has 0 saturated heterocycles. The third kappa shape index (κ3) is 5.39. The van der Waals surface area contributed by atoms with Crippen LogP contribution in [0, 0.1) is 5.41 Å². The predicted molar refractivity (Wildman–Crippen MR) is 81.3 cm³/mol. The molecule has 0 atom stereocenters. The largest absolute Gasteiger partial charge is 0.504 e. The van der Waals surface area contributed by atoms with Crippen LogP contribution in [0.15, 0.2) is 18.2 Å². The van der Waals surface area contributed by atoms with Gasteiger partial charge in [0.25, 0.3) is 0 Å². The minimum atomic E-state index is 0.170. The molecule has 4 nitrogen and oxygen atoms in total. The Balaban J connectivity index is 2.51. The van der Waals surface area contributed by atoms with Crippen molar-refractivity contribution >= 4 is 0 Å². The molecule has 1 rings (SSSR count). The molecule has 0 aliphatic heterocycles. The van der Waals surface area contributed by atoms with E-state index in [4.69, 9.17) is 9.47 Å². The summed E-state index contributed by atoms with van der Waals surface area (Å²) in [5, 5.41) is 13.5. The Labute approximate surface area is 122 Å². The van der Waals surface area contributed by atoms with E-state index in [1.807, 2.05) is 19.1 Å². The fourth-order valence-electron chi connectivity index (χ4n) is 1.98. The summed E-state index contributed by atoms with van der Waals surface area (Å²) in [6.07, 6.45) is 1.00. The third-order valence-electron chi connectivity index (χ3n) is 3.28. The maximum absolute atomic E-state index is 10.1. The lowest BCUT2D eigenvalue weighted by Crippen LogP contribution is -2.30. The number of para-hydroxylation sites is 1. The van der Waals surface area contributed by atoms with E-state index in [-0.39, 0.29) is 11.2 Å². The molecule has 1 aromatic carbocycles. The second-order valence-corrected chi connectivity index (χ2v) is 5.71. The van der Waals surface area contributed by atoms with Crippen molar-refractivity contribution in [3.63, 3.8) is 0 Å². The van der Waals surface area contributed by atoms with Crippen LogP contribution in [-0.4, -0.2) is 32.0 Å². The van der Waals surface area contributed by atoms with E-state index in [1.54, 1.807) is 13.2 Å². The Morgan fingerprint density at radius 2 is 2.05 bits per heavy atom. The molecule has 20 heavy (non-hydrogen) atoms. The van der Waals surface area contributed by atoms with E-state index < -0.39 is 0 Å². The van der Waals surface area contributed by atoms with Gasteiger partial charge in [0, 0.05) is 32.4 Å². The summed E-state index contributed by atoms with van der Waals surface area (Å²) in [7, 11) is 1.72. The zero-order valence-corrected chi connectivity index (χ0v) is 13.0. The highest BCUT2D eigenvalue weighted by molar-refractivity contribution is 5.45. The number of aromatic hydroxyl groups is 1. The quantitative estimate of drug-likeness (QED) is 0.730. The smallest absolute Gasteiger partial charge is 0.162 e. The minimum absolute atomic E-state index is 0.170. The number of hydrogen-bond acceptors (Lipinski definition) is 4. The normalized spacial score (nSPS) is 11.6. The minimum Gasteiger partial charge on any atom is -0.504 e. The Morgan fingerprint density at radius 1 is 1.30 bits per heavy atom. The van der Waals surface area contributed by atoms with Crippen LogP contribution in [0.3, 0.4) is 0 Å². The lowest BCUT2D eigenvalue weighted by Gasteiger charge is -2.24. The van der Waals surface area contributed by atoms with Crippen molar-refractivity contribution in [1.82, 2.24) is 5.32 Å². The van der Waals surface area contributed by atoms with Crippen molar-refractivity contribution < 1.29 is 14.6 Å². The van der Waals surface area contributed by atoms with E-state index >= 15 is 0 Å². The van der Waals surface area contributed by atoms with Gasteiger partial charge in [-0.1, -0.05) is 26.0 Å². The molecule has 0 unspecified atom stereocenters. The monoisotopic (exact) mass is 281 g/mol. The highest BCUT2D eigenvalue weighted by Crippen LogP contribution is 2.29. The topological polar surface area (TPSA) is 50.7 Å². The standard InChI is InChI=1S/C16H27NO3/c1-5-20-14-8-6-7-13(15(14)18)11-17-12-16(2,3)9-10-19-4/h6-8,17-18H,5,9-12H2,1-4H3. The SMILES string of the molecule is CCOc1cccc(CNCC(C)(C)CCOC)c1O. The maximum atomic E-state index is 10.1. The first-order chi connectivity index (χ1) is 9.50. The summed E-state index contributed by atoms with van der Waals surface area (Å²) in [5.74, 6) is 0.780. The molecule has 114 valence electrons. The van der Waals surface area contributed by atoms with E-state index in [0.29, 0.717) is 18.9 Å². The van der Waals surface area contributed by atoms with Crippen molar-refractivity contribution in [3.8, 4) is 11.5 Å². The van der Waals surface area contributed by atoms with E-state index in [2.05, 4.69) is 19.2 Å². The molecule has 2 N–H and O–H groups in total. The fourth-order valence-corrected chi connectivity index (χ4v) is 1.98. The molecule has 0 bridgehead atoms. The summed E-state index contributed by atoms with van der Waals surface area (Å²) in [5.41, 5.74) is 1.03. The van der Waals surface area contributed by atoms with Gasteiger partial charge >= 0.3 is 0 Å². The number of methoxy groups -OCH3 is 1. The molecule has 0 saturated carbocycles. The van der Waals surface area contributed by atoms with Crippen LogP contribution in [0.2, 0.25) is 0 Å². The number of hydrogen-bond donors (Lipinski definition) is 2. The van der Waals surface area contributed by atoms with Crippen LogP contribution in [0.25, 0.3) is 0 Å². The highest BCUT2D eigenvalue weighted by Gasteiger charge is 2.17. The Hall–Kier alpha value is -1.26. The highest BCUT2D eigenvalue weighted by atomic mass is 16.5. The van der Waals surface area contributed by atoms with Crippen molar-refractivity contribution in [1.29, 1.82) is 0 Å². The number of phenolic OH excluding ortho intramolecular Hbond substituents is 1. The third-order valence-corrected chi connectivity index (χ3v) is 3.28. The summed E-state index contributed by atoms with van der Waals surface area (Å²) in [6, 6.07) is 5.59. The van der Waals surface area contributed by atoms with Gasteiger partial charge in [-0.2, -0.15) is 0 Å². The van der Waals surface area contributed by atoms with Crippen LogP contribution in [0.1, 0.15) is 32.8 Å². The van der Waals surface area contributed by atoms with Gasteiger partial charge in [-0.25, -0.2) is 0 Å².